The van der Waals surface area contributed by atoms with Crippen molar-refractivity contribution < 1.29 is 14.3 Å². The molecular weight excluding hydrogens is 244 g/mol. The second-order valence-electron chi connectivity index (χ2n) is 5.25. The number of hydrogen-bond donors (Lipinski definition) is 1. The van der Waals surface area contributed by atoms with E-state index in [9.17, 15) is 4.79 Å². The maximum atomic E-state index is 12.0. The van der Waals surface area contributed by atoms with Crippen LogP contribution < -0.4 is 14.8 Å². The number of hydrogen-bond acceptors (Lipinski definition) is 3. The minimum atomic E-state index is -0.00156. The van der Waals surface area contributed by atoms with Crippen LogP contribution in [0.3, 0.4) is 0 Å². The normalized spacial score (nSPS) is 16.5. The highest BCUT2D eigenvalue weighted by atomic mass is 16.7. The Hall–Kier alpha value is -1.91. The molecule has 19 heavy (non-hydrogen) atoms. The maximum Gasteiger partial charge on any atom is 0.317 e. The minimum absolute atomic E-state index is 0.00156. The summed E-state index contributed by atoms with van der Waals surface area (Å²) in [5.74, 6) is 1.60. The number of fused-ring (bicyclic) bond motifs is 2. The van der Waals surface area contributed by atoms with Gasteiger partial charge in [-0.3, -0.25) is 0 Å². The minimum Gasteiger partial charge on any atom is -0.454 e. The van der Waals surface area contributed by atoms with Gasteiger partial charge in [-0.2, -0.15) is 0 Å². The van der Waals surface area contributed by atoms with Crippen LogP contribution in [0.2, 0.25) is 0 Å². The first kappa shape index (κ1) is 12.1. The topological polar surface area (TPSA) is 50.8 Å². The van der Waals surface area contributed by atoms with Gasteiger partial charge in [-0.05, 0) is 43.5 Å². The van der Waals surface area contributed by atoms with Gasteiger partial charge in [-0.1, -0.05) is 0 Å². The van der Waals surface area contributed by atoms with Crippen LogP contribution in [0.1, 0.15) is 25.0 Å². The van der Waals surface area contributed by atoms with Gasteiger partial charge >= 0.3 is 6.03 Å². The zero-order chi connectivity index (χ0) is 13.4. The zero-order valence-corrected chi connectivity index (χ0v) is 11.2. The molecule has 2 aliphatic rings. The number of nitrogens with zero attached hydrogens (tertiary/aromatic N) is 1. The van der Waals surface area contributed by atoms with Crippen LogP contribution >= 0.6 is 0 Å². The quantitative estimate of drug-likeness (QED) is 0.841. The molecular formula is C14H18N2O3. The number of amides is 2. The van der Waals surface area contributed by atoms with E-state index in [0.29, 0.717) is 6.54 Å². The Morgan fingerprint density at radius 1 is 1.26 bits per heavy atom. The lowest BCUT2D eigenvalue weighted by atomic mass is 9.99. The van der Waals surface area contributed by atoms with E-state index >= 15 is 0 Å². The van der Waals surface area contributed by atoms with Crippen LogP contribution in [0.4, 0.5) is 4.79 Å². The standard InChI is InChI=1S/C14H18N2O3/c1-9(2)15-14(17)16-4-3-10-5-12-13(19-8-18-12)6-11(10)7-16/h5-6,9H,3-4,7-8H2,1-2H3,(H,15,17). The van der Waals surface area contributed by atoms with E-state index in [2.05, 4.69) is 5.32 Å². The molecule has 0 aromatic heterocycles. The highest BCUT2D eigenvalue weighted by Gasteiger charge is 2.24. The molecule has 1 aromatic carbocycles. The van der Waals surface area contributed by atoms with Crippen LogP contribution in [0.5, 0.6) is 11.5 Å². The van der Waals surface area contributed by atoms with Crippen molar-refractivity contribution in [2.45, 2.75) is 32.9 Å². The molecule has 1 aromatic rings. The average Bonchev–Trinajstić information content (AvgIpc) is 2.81. The van der Waals surface area contributed by atoms with E-state index in [-0.39, 0.29) is 18.9 Å². The molecule has 102 valence electrons. The molecule has 0 saturated carbocycles. The van der Waals surface area contributed by atoms with E-state index in [1.165, 1.54) is 5.56 Å². The Morgan fingerprint density at radius 2 is 1.95 bits per heavy atom. The zero-order valence-electron chi connectivity index (χ0n) is 11.2. The predicted molar refractivity (Wildman–Crippen MR) is 70.3 cm³/mol. The van der Waals surface area contributed by atoms with Crippen molar-refractivity contribution in [2.75, 3.05) is 13.3 Å². The summed E-state index contributed by atoms with van der Waals surface area (Å²) >= 11 is 0. The average molecular weight is 262 g/mol. The van der Waals surface area contributed by atoms with Crippen LogP contribution in [0.15, 0.2) is 12.1 Å². The first-order chi connectivity index (χ1) is 9.13. The predicted octanol–water partition coefficient (Wildman–Crippen LogP) is 1.89. The Kier molecular flexibility index (Phi) is 2.97. The molecule has 2 heterocycles. The van der Waals surface area contributed by atoms with Crippen LogP contribution in [0, 0.1) is 0 Å². The second kappa shape index (κ2) is 4.64. The number of ether oxygens (including phenoxy) is 2. The summed E-state index contributed by atoms with van der Waals surface area (Å²) in [6, 6.07) is 4.19. The molecule has 0 spiro atoms. The molecule has 0 atom stereocenters. The second-order valence-corrected chi connectivity index (χ2v) is 5.25. The Bertz CT molecular complexity index is 514. The van der Waals surface area contributed by atoms with Gasteiger partial charge in [0, 0.05) is 19.1 Å². The molecule has 5 heteroatoms. The largest absolute Gasteiger partial charge is 0.454 e. The summed E-state index contributed by atoms with van der Waals surface area (Å²) in [6.07, 6.45) is 0.859. The van der Waals surface area contributed by atoms with E-state index in [4.69, 9.17) is 9.47 Å². The number of urea groups is 1. The van der Waals surface area contributed by atoms with Crippen LogP contribution in [0.25, 0.3) is 0 Å². The third-order valence-electron chi connectivity index (χ3n) is 3.41. The van der Waals surface area contributed by atoms with Gasteiger partial charge in [-0.15, -0.1) is 0 Å². The Morgan fingerprint density at radius 3 is 2.63 bits per heavy atom. The number of carbonyl (C=O) groups is 1. The summed E-state index contributed by atoms with van der Waals surface area (Å²) in [5.41, 5.74) is 2.40. The fraction of sp³-hybridized carbons (Fsp3) is 0.500. The number of nitrogens with one attached hydrogen (secondary N) is 1. The summed E-state index contributed by atoms with van der Waals surface area (Å²) in [6.45, 7) is 5.59. The first-order valence-corrected chi connectivity index (χ1v) is 6.60. The molecule has 5 nitrogen and oxygen atoms in total. The summed E-state index contributed by atoms with van der Waals surface area (Å²) in [5, 5.41) is 2.93. The molecule has 0 radical (unpaired) electrons. The van der Waals surface area contributed by atoms with Crippen molar-refractivity contribution in [2.24, 2.45) is 0 Å². The fourth-order valence-corrected chi connectivity index (χ4v) is 2.46. The summed E-state index contributed by atoms with van der Waals surface area (Å²) in [7, 11) is 0. The lowest BCUT2D eigenvalue weighted by molar-refractivity contribution is 0.174. The molecule has 2 amide bonds. The first-order valence-electron chi connectivity index (χ1n) is 6.60. The Balaban J connectivity index is 1.78. The third-order valence-corrected chi connectivity index (χ3v) is 3.41. The van der Waals surface area contributed by atoms with E-state index < -0.39 is 0 Å². The molecule has 2 aliphatic heterocycles. The lowest BCUT2D eigenvalue weighted by Gasteiger charge is -2.29. The van der Waals surface area contributed by atoms with E-state index in [0.717, 1.165) is 30.0 Å². The molecule has 0 saturated heterocycles. The van der Waals surface area contributed by atoms with Gasteiger partial charge in [0.1, 0.15) is 0 Å². The van der Waals surface area contributed by atoms with Crippen molar-refractivity contribution in [1.82, 2.24) is 10.2 Å². The highest BCUT2D eigenvalue weighted by Crippen LogP contribution is 2.36. The SMILES string of the molecule is CC(C)NC(=O)N1CCc2cc3c(cc2C1)OCO3. The lowest BCUT2D eigenvalue weighted by Crippen LogP contribution is -2.45. The van der Waals surface area contributed by atoms with E-state index in [1.807, 2.05) is 30.9 Å². The van der Waals surface area contributed by atoms with E-state index in [1.54, 1.807) is 0 Å². The molecule has 0 bridgehead atoms. The number of carbonyl (C=O) groups excluding carboxylic acids is 1. The molecule has 0 unspecified atom stereocenters. The van der Waals surface area contributed by atoms with Crippen LogP contribution in [-0.4, -0.2) is 30.3 Å². The highest BCUT2D eigenvalue weighted by molar-refractivity contribution is 5.75. The van der Waals surface area contributed by atoms with Gasteiger partial charge in [0.2, 0.25) is 6.79 Å². The monoisotopic (exact) mass is 262 g/mol. The van der Waals surface area contributed by atoms with Crippen molar-refractivity contribution in [1.29, 1.82) is 0 Å². The van der Waals surface area contributed by atoms with Gasteiger partial charge in [0.05, 0.1) is 0 Å². The molecule has 1 N–H and O–H groups in total. The molecule has 3 rings (SSSR count). The summed E-state index contributed by atoms with van der Waals surface area (Å²) in [4.78, 5) is 13.8. The van der Waals surface area contributed by atoms with Crippen molar-refractivity contribution in [3.63, 3.8) is 0 Å². The van der Waals surface area contributed by atoms with Crippen LogP contribution in [-0.2, 0) is 13.0 Å². The van der Waals surface area contributed by atoms with Crippen molar-refractivity contribution >= 4 is 6.03 Å². The van der Waals surface area contributed by atoms with Gasteiger partial charge in [0.25, 0.3) is 0 Å². The maximum absolute atomic E-state index is 12.0. The smallest absolute Gasteiger partial charge is 0.317 e. The van der Waals surface area contributed by atoms with Gasteiger partial charge < -0.3 is 19.7 Å². The number of rotatable bonds is 1. The van der Waals surface area contributed by atoms with Gasteiger partial charge in [-0.25, -0.2) is 4.79 Å². The number of benzene rings is 1. The van der Waals surface area contributed by atoms with Crippen molar-refractivity contribution in [3.8, 4) is 11.5 Å². The third kappa shape index (κ3) is 2.32. The molecule has 0 aliphatic carbocycles. The van der Waals surface area contributed by atoms with Crippen molar-refractivity contribution in [3.05, 3.63) is 23.3 Å². The molecule has 0 fully saturated rings. The summed E-state index contributed by atoms with van der Waals surface area (Å²) < 4.78 is 10.8. The Labute approximate surface area is 112 Å². The fourth-order valence-electron chi connectivity index (χ4n) is 2.46. The van der Waals surface area contributed by atoms with Gasteiger partial charge in [0.15, 0.2) is 11.5 Å².